The van der Waals surface area contributed by atoms with E-state index in [0.717, 1.165) is 0 Å². The summed E-state index contributed by atoms with van der Waals surface area (Å²) >= 11 is 0. The van der Waals surface area contributed by atoms with Gasteiger partial charge in [0.2, 0.25) is 0 Å². The molecule has 0 amide bonds. The molecule has 18 nitrogen and oxygen atoms in total. The van der Waals surface area contributed by atoms with Gasteiger partial charge in [0.15, 0.2) is 0 Å². The number of halogens is 6. The third-order valence-corrected chi connectivity index (χ3v) is 0. The van der Waals surface area contributed by atoms with E-state index in [2.05, 4.69) is 0 Å². The SMILES string of the molecule is [Mg+2].[Mg+2].[Mg+2].[Mg+2].[Mg+2].[Mg+2].[Mg+2].[Mg+2].[Mg+2].[O-][Si]([O-])([O-])F.[O-][Si]([O-])([O-])F.[O-][Si]([O-])([O-])F.[O-][Si]([O-])([O-])F.[O-][Si]([O-])([O-])F.[O-][Si]([O-])([O-])F. The second kappa shape index (κ2) is 47.2. The molecule has 0 aliphatic carbocycles. The molecule has 39 heteroatoms. The summed E-state index contributed by atoms with van der Waals surface area (Å²) in [6.07, 6.45) is 0. The molecule has 0 aromatic heterocycles. The van der Waals surface area contributed by atoms with Gasteiger partial charge in [0.1, 0.15) is 0 Å². The molecule has 0 aromatic carbocycles. The predicted molar refractivity (Wildman–Crippen MR) is 93.0 cm³/mol. The van der Waals surface area contributed by atoms with Crippen LogP contribution in [0.1, 0.15) is 0 Å². The van der Waals surface area contributed by atoms with Gasteiger partial charge >= 0.3 is 207 Å². The fourth-order valence-corrected chi connectivity index (χ4v) is 0. The number of hydrogen-bond donors (Lipinski definition) is 0. The topological polar surface area (TPSA) is 415 Å². The molecule has 0 aromatic rings. The summed E-state index contributed by atoms with van der Waals surface area (Å²) in [4.78, 5) is 152. The molecule has 0 saturated heterocycles. The summed E-state index contributed by atoms with van der Waals surface area (Å²) < 4.78 is 61.0. The van der Waals surface area contributed by atoms with Crippen LogP contribution >= 0.6 is 0 Å². The molecule has 0 aliphatic heterocycles. The summed E-state index contributed by atoms with van der Waals surface area (Å²) in [5, 5.41) is 0. The van der Waals surface area contributed by atoms with Gasteiger partial charge in [-0.15, -0.1) is 0 Å². The largest absolute Gasteiger partial charge is 2.00 e. The van der Waals surface area contributed by atoms with Crippen LogP contribution in [0, 0.1) is 0 Å². The van der Waals surface area contributed by atoms with E-state index in [9.17, 15) is 24.6 Å². The Morgan fingerprint density at radius 1 is 0.179 bits per heavy atom. The fourth-order valence-electron chi connectivity index (χ4n) is 0. The molecule has 0 N–H and O–H groups in total. The maximum absolute atomic E-state index is 10.2. The van der Waals surface area contributed by atoms with Crippen molar-refractivity contribution in [1.29, 1.82) is 0 Å². The van der Waals surface area contributed by atoms with Crippen molar-refractivity contribution < 1.29 is 111 Å². The minimum absolute atomic E-state index is 0. The van der Waals surface area contributed by atoms with Crippen molar-refractivity contribution >= 4 is 262 Å². The molecule has 0 aliphatic rings. The third-order valence-electron chi connectivity index (χ3n) is 0. The summed E-state index contributed by atoms with van der Waals surface area (Å²) in [6.45, 7) is 0. The van der Waals surface area contributed by atoms with E-state index in [1.165, 1.54) is 0 Å². The number of hydrogen-bond acceptors (Lipinski definition) is 18. The van der Waals surface area contributed by atoms with Crippen LogP contribution in [0.2, 0.25) is 0 Å². The first-order valence-corrected chi connectivity index (χ1v) is 14.4. The Bertz CT molecular complexity index is 258. The summed E-state index contributed by atoms with van der Waals surface area (Å²) in [6, 6.07) is 0. The molecule has 0 heterocycles. The maximum Gasteiger partial charge on any atom is 2.00 e. The van der Waals surface area contributed by atoms with Gasteiger partial charge in [-0.3, -0.25) is 0 Å². The Morgan fingerprint density at radius 3 is 0.179 bits per heavy atom. The standard InChI is InChI=1S/6FO3Si.9Mg/c6*1-5(2,3)4;;;;;;;;;/q6*-3;9*+2. The Balaban J connectivity index is -0.0000000130. The van der Waals surface area contributed by atoms with Gasteiger partial charge in [-0.2, -0.15) is 0 Å². The molecular weight excluding hydrogens is 789 g/mol. The van der Waals surface area contributed by atoms with Crippen LogP contribution in [0.4, 0.5) is 24.6 Å². The van der Waals surface area contributed by atoms with E-state index in [4.69, 9.17) is 86.3 Å². The van der Waals surface area contributed by atoms with Gasteiger partial charge in [-0.1, -0.05) is 54.8 Å². The predicted octanol–water partition coefficient (Wildman–Crippen LogP) is -24.6. The summed E-state index contributed by atoms with van der Waals surface area (Å²) in [5.74, 6) is 0. The van der Waals surface area contributed by atoms with Crippen LogP contribution in [0.3, 0.4) is 0 Å². The van der Waals surface area contributed by atoms with E-state index in [-0.39, 0.29) is 207 Å². The molecule has 192 valence electrons. The molecule has 0 rings (SSSR count). The van der Waals surface area contributed by atoms with E-state index >= 15 is 0 Å². The molecule has 0 radical (unpaired) electrons. The Kier molecular flexibility index (Phi) is 117. The molecule has 0 unspecified atom stereocenters. The Morgan fingerprint density at radius 2 is 0.179 bits per heavy atom. The van der Waals surface area contributed by atoms with Crippen molar-refractivity contribution in [3.05, 3.63) is 0 Å². The molecule has 0 bridgehead atoms. The van der Waals surface area contributed by atoms with Gasteiger partial charge in [-0.25, -0.2) is 0 Å². The van der Waals surface area contributed by atoms with E-state index in [1.54, 1.807) is 0 Å². The second-order valence-corrected chi connectivity index (χ2v) is 8.67. The average molecular weight is 789 g/mol. The molecule has 0 atom stereocenters. The van der Waals surface area contributed by atoms with Crippen LogP contribution in [0.25, 0.3) is 0 Å². The number of rotatable bonds is 0. The third kappa shape index (κ3) is 1680. The molecule has 39 heavy (non-hydrogen) atoms. The summed E-state index contributed by atoms with van der Waals surface area (Å²) in [5.41, 5.74) is 0. The normalized spacial score (nSPS) is 9.23. The molecular formula is F6Mg9O18Si6. The van der Waals surface area contributed by atoms with Gasteiger partial charge in [-0.05, 0) is 0 Å². The first-order chi connectivity index (χ1) is 12.0. The fraction of sp³-hybridized carbons (Fsp3) is 0. The van der Waals surface area contributed by atoms with Crippen LogP contribution in [0.15, 0.2) is 0 Å². The van der Waals surface area contributed by atoms with Crippen molar-refractivity contribution in [2.45, 2.75) is 0 Å². The van der Waals surface area contributed by atoms with Crippen molar-refractivity contribution in [2.24, 2.45) is 0 Å². The molecule has 0 fully saturated rings. The minimum atomic E-state index is -5.86. The Hall–Kier alpha value is 7.06. The van der Waals surface area contributed by atoms with Crippen LogP contribution < -0.4 is 86.3 Å². The zero-order valence-electron chi connectivity index (χ0n) is 19.0. The zero-order chi connectivity index (χ0) is 27.0. The monoisotopic (exact) mass is 786 g/mol. The second-order valence-electron chi connectivity index (χ2n) is 2.89. The summed E-state index contributed by atoms with van der Waals surface area (Å²) in [7, 11) is -35.2. The van der Waals surface area contributed by atoms with Crippen molar-refractivity contribution in [3.63, 3.8) is 0 Å². The Labute approximate surface area is 367 Å². The quantitative estimate of drug-likeness (QED) is 0.125. The van der Waals surface area contributed by atoms with Gasteiger partial charge < -0.3 is 111 Å². The average Bonchev–Trinajstić information content (AvgIpc) is 1.94. The smallest absolute Gasteiger partial charge is 0.857 e. The maximum atomic E-state index is 10.2. The van der Waals surface area contributed by atoms with Gasteiger partial charge in [0, 0.05) is 0 Å². The first-order valence-electron chi connectivity index (χ1n) is 4.81. The minimum Gasteiger partial charge on any atom is -0.857 e. The zero-order valence-corrected chi connectivity index (χ0v) is 37.7. The van der Waals surface area contributed by atoms with Gasteiger partial charge in [0.05, 0.1) is 0 Å². The first kappa shape index (κ1) is 96.9. The van der Waals surface area contributed by atoms with Crippen molar-refractivity contribution in [3.8, 4) is 0 Å². The van der Waals surface area contributed by atoms with Crippen molar-refractivity contribution in [1.82, 2.24) is 0 Å². The molecule has 0 spiro atoms. The van der Waals surface area contributed by atoms with E-state index in [0.29, 0.717) is 0 Å². The van der Waals surface area contributed by atoms with Crippen LogP contribution in [-0.4, -0.2) is 262 Å². The van der Waals surface area contributed by atoms with Crippen molar-refractivity contribution in [2.75, 3.05) is 0 Å². The molecule has 0 saturated carbocycles. The van der Waals surface area contributed by atoms with Gasteiger partial charge in [0.25, 0.3) is 0 Å². The van der Waals surface area contributed by atoms with Crippen LogP contribution in [-0.2, 0) is 0 Å². The van der Waals surface area contributed by atoms with E-state index < -0.39 is 54.8 Å². The van der Waals surface area contributed by atoms with E-state index in [1.807, 2.05) is 0 Å². The van der Waals surface area contributed by atoms with Crippen LogP contribution in [0.5, 0.6) is 0 Å².